The number of amides is 1. The van der Waals surface area contributed by atoms with E-state index in [9.17, 15) is 9.90 Å². The van der Waals surface area contributed by atoms with E-state index >= 15 is 0 Å². The third-order valence-corrected chi connectivity index (χ3v) is 5.89. The molecule has 0 aliphatic rings. The maximum absolute atomic E-state index is 13.5. The second kappa shape index (κ2) is 10.9. The Kier molecular flexibility index (Phi) is 7.53. The molecule has 3 aromatic carbocycles. The van der Waals surface area contributed by atoms with Gasteiger partial charge in [0.2, 0.25) is 5.95 Å². The molecule has 4 rings (SSSR count). The van der Waals surface area contributed by atoms with E-state index in [2.05, 4.69) is 22.4 Å². The minimum atomic E-state index is -1.20. The van der Waals surface area contributed by atoms with Crippen molar-refractivity contribution >= 4 is 11.9 Å². The predicted octanol–water partition coefficient (Wildman–Crippen LogP) is 4.78. The quantitative estimate of drug-likeness (QED) is 0.371. The first-order valence-electron chi connectivity index (χ1n) is 11.7. The van der Waals surface area contributed by atoms with E-state index in [0.29, 0.717) is 23.8 Å². The van der Waals surface area contributed by atoms with Crippen LogP contribution in [-0.2, 0) is 12.0 Å². The van der Waals surface area contributed by atoms with Crippen molar-refractivity contribution in [1.82, 2.24) is 14.9 Å². The topological polar surface area (TPSA) is 78.3 Å². The maximum atomic E-state index is 13.5. The first kappa shape index (κ1) is 24.1. The molecule has 0 aliphatic carbocycles. The zero-order valence-corrected chi connectivity index (χ0v) is 20.1. The third kappa shape index (κ3) is 6.11. The average Bonchev–Trinajstić information content (AvgIpc) is 2.89. The highest BCUT2D eigenvalue weighted by molar-refractivity contribution is 5.99. The summed E-state index contributed by atoms with van der Waals surface area (Å²) >= 11 is 0. The highest BCUT2D eigenvalue weighted by atomic mass is 16.3. The number of carbonyl (C=O) groups is 1. The molecule has 0 saturated heterocycles. The highest BCUT2D eigenvalue weighted by Gasteiger charge is 2.28. The summed E-state index contributed by atoms with van der Waals surface area (Å²) in [5.41, 5.74) is 2.54. The van der Waals surface area contributed by atoms with Gasteiger partial charge in [0, 0.05) is 25.4 Å². The number of carbonyl (C=O) groups excluding carboxylic acids is 1. The molecule has 1 atom stereocenters. The number of anilines is 1. The van der Waals surface area contributed by atoms with Crippen LogP contribution in [0.15, 0.2) is 97.2 Å². The molecule has 178 valence electrons. The van der Waals surface area contributed by atoms with Crippen molar-refractivity contribution in [2.45, 2.75) is 18.9 Å². The van der Waals surface area contributed by atoms with Crippen molar-refractivity contribution in [3.63, 3.8) is 0 Å². The Morgan fingerprint density at radius 3 is 2.20 bits per heavy atom. The Labute approximate surface area is 206 Å². The molecule has 1 unspecified atom stereocenters. The molecule has 6 heteroatoms. The summed E-state index contributed by atoms with van der Waals surface area (Å²) in [6.07, 6.45) is 2.40. The van der Waals surface area contributed by atoms with Crippen LogP contribution in [0.1, 0.15) is 28.4 Å². The molecule has 1 amide bonds. The van der Waals surface area contributed by atoms with Gasteiger partial charge in [-0.05, 0) is 24.5 Å². The second-order valence-corrected chi connectivity index (χ2v) is 8.79. The Balaban J connectivity index is 1.55. The molecule has 1 heterocycles. The zero-order chi connectivity index (χ0) is 24.7. The molecule has 1 aromatic heterocycles. The number of benzene rings is 3. The summed E-state index contributed by atoms with van der Waals surface area (Å²) in [6, 6.07) is 29.2. The van der Waals surface area contributed by atoms with Gasteiger partial charge in [-0.15, -0.1) is 0 Å². The molecule has 0 bridgehead atoms. The number of likely N-dealkylation sites (N-methyl/N-ethyl adjacent to an activating group) is 1. The Bertz CT molecular complexity index is 1250. The van der Waals surface area contributed by atoms with Crippen LogP contribution < -0.4 is 5.32 Å². The van der Waals surface area contributed by atoms with E-state index in [1.54, 1.807) is 20.2 Å². The number of hydrogen-bond acceptors (Lipinski definition) is 5. The number of rotatable bonds is 9. The molecule has 35 heavy (non-hydrogen) atoms. The van der Waals surface area contributed by atoms with Crippen LogP contribution in [0.25, 0.3) is 11.3 Å². The summed E-state index contributed by atoms with van der Waals surface area (Å²) < 4.78 is 0. The fraction of sp³-hybridized carbons (Fsp3) is 0.207. The van der Waals surface area contributed by atoms with E-state index in [-0.39, 0.29) is 12.5 Å². The van der Waals surface area contributed by atoms with Gasteiger partial charge in [-0.2, -0.15) is 0 Å². The summed E-state index contributed by atoms with van der Waals surface area (Å²) in [6.45, 7) is 2.51. The van der Waals surface area contributed by atoms with Crippen LogP contribution in [0, 0.1) is 0 Å². The molecule has 4 aromatic rings. The molecular formula is C29H30N4O2. The lowest BCUT2D eigenvalue weighted by molar-refractivity contribution is 0.0213. The molecule has 2 N–H and O–H groups in total. The summed E-state index contributed by atoms with van der Waals surface area (Å²) in [5, 5.41) is 14.3. The van der Waals surface area contributed by atoms with Crippen LogP contribution in [0.2, 0.25) is 0 Å². The lowest BCUT2D eigenvalue weighted by Crippen LogP contribution is -2.40. The van der Waals surface area contributed by atoms with Crippen LogP contribution in [-0.4, -0.2) is 46.0 Å². The van der Waals surface area contributed by atoms with Crippen molar-refractivity contribution in [3.05, 3.63) is 114 Å². The summed E-state index contributed by atoms with van der Waals surface area (Å²) in [5.74, 6) is 0.214. The standard InChI is InChI=1S/C29H30N4O2/c1-29(35,24-16-10-5-11-17-24)21-33(2)27(34)25-20-31-28(30-19-18-22-12-6-3-7-13-22)32-26(25)23-14-8-4-9-15-23/h3-17,20,35H,18-19,21H2,1-2H3,(H,30,31,32). The van der Waals surface area contributed by atoms with E-state index in [1.807, 2.05) is 78.9 Å². The van der Waals surface area contributed by atoms with Crippen LogP contribution in [0.5, 0.6) is 0 Å². The molecule has 0 radical (unpaired) electrons. The van der Waals surface area contributed by atoms with E-state index in [4.69, 9.17) is 4.98 Å². The average molecular weight is 467 g/mol. The number of nitrogens with one attached hydrogen (secondary N) is 1. The number of nitrogens with zero attached hydrogens (tertiary/aromatic N) is 3. The second-order valence-electron chi connectivity index (χ2n) is 8.79. The Morgan fingerprint density at radius 1 is 0.943 bits per heavy atom. The molecule has 6 nitrogen and oxygen atoms in total. The minimum absolute atomic E-state index is 0.126. The molecule has 0 aliphatic heterocycles. The van der Waals surface area contributed by atoms with Crippen LogP contribution >= 0.6 is 0 Å². The smallest absolute Gasteiger partial charge is 0.257 e. The van der Waals surface area contributed by atoms with Gasteiger partial charge in [0.25, 0.3) is 5.91 Å². The van der Waals surface area contributed by atoms with Crippen LogP contribution in [0.4, 0.5) is 5.95 Å². The largest absolute Gasteiger partial charge is 0.384 e. The molecule has 0 saturated carbocycles. The number of aliphatic hydroxyl groups is 1. The van der Waals surface area contributed by atoms with Gasteiger partial charge in [-0.25, -0.2) is 9.97 Å². The Morgan fingerprint density at radius 2 is 1.54 bits per heavy atom. The van der Waals surface area contributed by atoms with Gasteiger partial charge in [-0.3, -0.25) is 4.79 Å². The van der Waals surface area contributed by atoms with Crippen molar-refractivity contribution in [1.29, 1.82) is 0 Å². The number of hydrogen-bond donors (Lipinski definition) is 2. The van der Waals surface area contributed by atoms with E-state index in [0.717, 1.165) is 17.5 Å². The van der Waals surface area contributed by atoms with Crippen LogP contribution in [0.3, 0.4) is 0 Å². The van der Waals surface area contributed by atoms with E-state index < -0.39 is 5.60 Å². The first-order chi connectivity index (χ1) is 16.9. The van der Waals surface area contributed by atoms with Gasteiger partial charge in [0.1, 0.15) is 5.60 Å². The van der Waals surface area contributed by atoms with E-state index in [1.165, 1.54) is 10.5 Å². The highest BCUT2D eigenvalue weighted by Crippen LogP contribution is 2.26. The van der Waals surface area contributed by atoms with Crippen molar-refractivity contribution in [3.8, 4) is 11.3 Å². The lowest BCUT2D eigenvalue weighted by atomic mass is 9.95. The molecule has 0 fully saturated rings. The van der Waals surface area contributed by atoms with Gasteiger partial charge in [0.05, 0.1) is 17.8 Å². The predicted molar refractivity (Wildman–Crippen MR) is 139 cm³/mol. The number of aromatic nitrogens is 2. The zero-order valence-electron chi connectivity index (χ0n) is 20.1. The van der Waals surface area contributed by atoms with Crippen molar-refractivity contribution in [2.24, 2.45) is 0 Å². The third-order valence-electron chi connectivity index (χ3n) is 5.89. The summed E-state index contributed by atoms with van der Waals surface area (Å²) in [7, 11) is 1.68. The minimum Gasteiger partial charge on any atom is -0.384 e. The van der Waals surface area contributed by atoms with Gasteiger partial charge in [-0.1, -0.05) is 91.0 Å². The normalized spacial score (nSPS) is 12.5. The molecule has 0 spiro atoms. The van der Waals surface area contributed by atoms with Crippen molar-refractivity contribution in [2.75, 3.05) is 25.5 Å². The fourth-order valence-electron chi connectivity index (χ4n) is 4.03. The lowest BCUT2D eigenvalue weighted by Gasteiger charge is -2.30. The maximum Gasteiger partial charge on any atom is 0.257 e. The van der Waals surface area contributed by atoms with Gasteiger partial charge in [0.15, 0.2) is 0 Å². The SMILES string of the molecule is CN(CC(C)(O)c1ccccc1)C(=O)c1cnc(NCCc2ccccc2)nc1-c1ccccc1. The van der Waals surface area contributed by atoms with Gasteiger partial charge >= 0.3 is 0 Å². The monoisotopic (exact) mass is 466 g/mol. The van der Waals surface area contributed by atoms with Gasteiger partial charge < -0.3 is 15.3 Å². The van der Waals surface area contributed by atoms with Crippen molar-refractivity contribution < 1.29 is 9.90 Å². The first-order valence-corrected chi connectivity index (χ1v) is 11.7. The molecular weight excluding hydrogens is 436 g/mol. The Hall–Kier alpha value is -4.03. The summed E-state index contributed by atoms with van der Waals surface area (Å²) in [4.78, 5) is 24.1. The fourth-order valence-corrected chi connectivity index (χ4v) is 4.03.